The van der Waals surface area contributed by atoms with Gasteiger partial charge in [0.15, 0.2) is 0 Å². The number of benzene rings is 2. The standard InChI is InChI=1S/C26H31N3O/c1-16-9-8-10-23(19(16)4)28-25(30)21(15-27)12-20-13-22-18(3)14-26(5,6)29(7)24(22)11-17(20)2/h8-13,18H,14H2,1-7H3,(H,28,30)/b21-12-/t18-/m0/s1. The highest BCUT2D eigenvalue weighted by molar-refractivity contribution is 6.10. The number of hydrogen-bond donors (Lipinski definition) is 1. The molecule has 0 bridgehead atoms. The fourth-order valence-electron chi connectivity index (χ4n) is 4.27. The second-order valence-corrected chi connectivity index (χ2v) is 9.12. The van der Waals surface area contributed by atoms with E-state index in [4.69, 9.17) is 0 Å². The van der Waals surface area contributed by atoms with Gasteiger partial charge in [0.25, 0.3) is 5.91 Å². The molecule has 3 rings (SSSR count). The topological polar surface area (TPSA) is 56.1 Å². The number of fused-ring (bicyclic) bond motifs is 1. The molecule has 0 fully saturated rings. The highest BCUT2D eigenvalue weighted by Crippen LogP contribution is 2.43. The molecule has 0 saturated heterocycles. The van der Waals surface area contributed by atoms with Gasteiger partial charge in [0.1, 0.15) is 11.6 Å². The van der Waals surface area contributed by atoms with Crippen LogP contribution in [0.25, 0.3) is 6.08 Å². The SMILES string of the molecule is Cc1cc2c(cc1/C=C(/C#N)C(=O)Nc1cccc(C)c1C)[C@@H](C)CC(C)(C)N2C. The zero-order chi connectivity index (χ0) is 22.2. The van der Waals surface area contributed by atoms with E-state index in [2.05, 4.69) is 56.2 Å². The molecule has 2 aromatic rings. The van der Waals surface area contributed by atoms with Gasteiger partial charge in [-0.1, -0.05) is 19.1 Å². The molecular weight excluding hydrogens is 370 g/mol. The van der Waals surface area contributed by atoms with E-state index in [-0.39, 0.29) is 17.0 Å². The van der Waals surface area contributed by atoms with Gasteiger partial charge in [-0.3, -0.25) is 4.79 Å². The number of amides is 1. The van der Waals surface area contributed by atoms with Crippen molar-refractivity contribution in [2.24, 2.45) is 0 Å². The van der Waals surface area contributed by atoms with Crippen LogP contribution < -0.4 is 10.2 Å². The van der Waals surface area contributed by atoms with E-state index in [1.54, 1.807) is 6.08 Å². The van der Waals surface area contributed by atoms with Crippen molar-refractivity contribution in [2.75, 3.05) is 17.3 Å². The second-order valence-electron chi connectivity index (χ2n) is 9.12. The summed E-state index contributed by atoms with van der Waals surface area (Å²) >= 11 is 0. The molecule has 4 nitrogen and oxygen atoms in total. The molecule has 4 heteroatoms. The maximum atomic E-state index is 12.8. The summed E-state index contributed by atoms with van der Waals surface area (Å²) in [5.74, 6) is 0.0304. The molecule has 1 atom stereocenters. The van der Waals surface area contributed by atoms with Gasteiger partial charge in [-0.05, 0) is 99.0 Å². The Hall–Kier alpha value is -3.06. The number of nitrogens with zero attached hydrogens (tertiary/aromatic N) is 2. The van der Waals surface area contributed by atoms with E-state index in [9.17, 15) is 10.1 Å². The summed E-state index contributed by atoms with van der Waals surface area (Å²) in [5.41, 5.74) is 7.51. The molecule has 1 amide bonds. The molecule has 0 aliphatic carbocycles. The van der Waals surface area contributed by atoms with Crippen LogP contribution in [0, 0.1) is 32.1 Å². The van der Waals surface area contributed by atoms with Crippen LogP contribution >= 0.6 is 0 Å². The van der Waals surface area contributed by atoms with Crippen LogP contribution in [0.15, 0.2) is 35.9 Å². The summed E-state index contributed by atoms with van der Waals surface area (Å²) in [4.78, 5) is 15.1. The summed E-state index contributed by atoms with van der Waals surface area (Å²) in [6.45, 7) is 12.8. The van der Waals surface area contributed by atoms with Gasteiger partial charge < -0.3 is 10.2 Å². The van der Waals surface area contributed by atoms with Crippen molar-refractivity contribution in [3.05, 3.63) is 63.7 Å². The number of rotatable bonds is 3. The predicted molar refractivity (Wildman–Crippen MR) is 125 cm³/mol. The van der Waals surface area contributed by atoms with E-state index in [1.807, 2.05) is 39.0 Å². The molecule has 1 aliphatic heterocycles. The molecule has 1 heterocycles. The first-order valence-electron chi connectivity index (χ1n) is 10.4. The Bertz CT molecular complexity index is 1070. The third-order valence-corrected chi connectivity index (χ3v) is 6.54. The Kier molecular flexibility index (Phi) is 5.76. The number of carbonyl (C=O) groups is 1. The molecule has 1 aliphatic rings. The van der Waals surface area contributed by atoms with Crippen molar-refractivity contribution in [1.82, 2.24) is 0 Å². The van der Waals surface area contributed by atoms with Gasteiger partial charge >= 0.3 is 0 Å². The van der Waals surface area contributed by atoms with Gasteiger partial charge in [-0.25, -0.2) is 0 Å². The van der Waals surface area contributed by atoms with Crippen molar-refractivity contribution >= 4 is 23.4 Å². The van der Waals surface area contributed by atoms with Crippen molar-refractivity contribution in [1.29, 1.82) is 5.26 Å². The van der Waals surface area contributed by atoms with Crippen LogP contribution in [-0.4, -0.2) is 18.5 Å². The Morgan fingerprint density at radius 3 is 2.60 bits per heavy atom. The Balaban J connectivity index is 1.97. The maximum absolute atomic E-state index is 12.8. The fraction of sp³-hybridized carbons (Fsp3) is 0.385. The summed E-state index contributed by atoms with van der Waals surface area (Å²) in [5, 5.41) is 12.6. The van der Waals surface area contributed by atoms with E-state index in [1.165, 1.54) is 11.3 Å². The lowest BCUT2D eigenvalue weighted by Crippen LogP contribution is -2.45. The molecule has 0 aromatic heterocycles. The second kappa shape index (κ2) is 7.99. The molecule has 0 saturated carbocycles. The zero-order valence-electron chi connectivity index (χ0n) is 19.1. The van der Waals surface area contributed by atoms with Crippen LogP contribution in [0.4, 0.5) is 11.4 Å². The summed E-state index contributed by atoms with van der Waals surface area (Å²) in [6, 6.07) is 12.2. The number of aryl methyl sites for hydroxylation is 2. The number of nitriles is 1. The van der Waals surface area contributed by atoms with Crippen LogP contribution in [0.1, 0.15) is 60.9 Å². The van der Waals surface area contributed by atoms with E-state index >= 15 is 0 Å². The summed E-state index contributed by atoms with van der Waals surface area (Å²) in [7, 11) is 2.14. The van der Waals surface area contributed by atoms with E-state index in [0.717, 1.165) is 34.4 Å². The quantitative estimate of drug-likeness (QED) is 0.516. The van der Waals surface area contributed by atoms with Crippen LogP contribution in [0.3, 0.4) is 0 Å². The third-order valence-electron chi connectivity index (χ3n) is 6.54. The molecule has 1 N–H and O–H groups in total. The largest absolute Gasteiger partial charge is 0.369 e. The summed E-state index contributed by atoms with van der Waals surface area (Å²) < 4.78 is 0. The average molecular weight is 402 g/mol. The number of carbonyl (C=O) groups excluding carboxylic acids is 1. The molecule has 0 spiro atoms. The van der Waals surface area contributed by atoms with Crippen molar-refractivity contribution < 1.29 is 4.79 Å². The highest BCUT2D eigenvalue weighted by Gasteiger charge is 2.34. The summed E-state index contributed by atoms with van der Waals surface area (Å²) in [6.07, 6.45) is 2.77. The lowest BCUT2D eigenvalue weighted by Gasteiger charge is -2.45. The minimum absolute atomic E-state index is 0.0968. The first-order valence-corrected chi connectivity index (χ1v) is 10.4. The first kappa shape index (κ1) is 21.6. The molecule has 0 radical (unpaired) electrons. The molecule has 0 unspecified atom stereocenters. The molecule has 2 aromatic carbocycles. The van der Waals surface area contributed by atoms with Crippen LogP contribution in [0.5, 0.6) is 0 Å². The third kappa shape index (κ3) is 3.98. The number of anilines is 2. The van der Waals surface area contributed by atoms with Gasteiger partial charge in [-0.15, -0.1) is 0 Å². The number of hydrogen-bond acceptors (Lipinski definition) is 3. The van der Waals surface area contributed by atoms with Gasteiger partial charge in [0, 0.05) is 24.0 Å². The lowest BCUT2D eigenvalue weighted by atomic mass is 9.79. The Morgan fingerprint density at radius 1 is 1.23 bits per heavy atom. The Morgan fingerprint density at radius 2 is 1.93 bits per heavy atom. The average Bonchev–Trinajstić information content (AvgIpc) is 2.68. The van der Waals surface area contributed by atoms with E-state index < -0.39 is 0 Å². The van der Waals surface area contributed by atoms with Crippen molar-refractivity contribution in [3.8, 4) is 6.07 Å². The minimum atomic E-state index is -0.380. The molecule has 30 heavy (non-hydrogen) atoms. The normalized spacial score (nSPS) is 17.9. The molecular formula is C26H31N3O. The van der Waals surface area contributed by atoms with Gasteiger partial charge in [0.05, 0.1) is 0 Å². The highest BCUT2D eigenvalue weighted by atomic mass is 16.1. The smallest absolute Gasteiger partial charge is 0.266 e. The first-order chi connectivity index (χ1) is 14.0. The zero-order valence-corrected chi connectivity index (χ0v) is 19.1. The maximum Gasteiger partial charge on any atom is 0.266 e. The molecule has 156 valence electrons. The predicted octanol–water partition coefficient (Wildman–Crippen LogP) is 5.88. The fourth-order valence-corrected chi connectivity index (χ4v) is 4.27. The number of nitrogens with one attached hydrogen (secondary N) is 1. The monoisotopic (exact) mass is 401 g/mol. The lowest BCUT2D eigenvalue weighted by molar-refractivity contribution is -0.112. The van der Waals surface area contributed by atoms with Gasteiger partial charge in [-0.2, -0.15) is 5.26 Å². The minimum Gasteiger partial charge on any atom is -0.369 e. The van der Waals surface area contributed by atoms with E-state index in [0.29, 0.717) is 5.92 Å². The van der Waals surface area contributed by atoms with Crippen molar-refractivity contribution in [2.45, 2.75) is 59.4 Å². The van der Waals surface area contributed by atoms with Crippen molar-refractivity contribution in [3.63, 3.8) is 0 Å². The van der Waals surface area contributed by atoms with Gasteiger partial charge in [0.2, 0.25) is 0 Å². The Labute approximate surface area is 180 Å². The van der Waals surface area contributed by atoms with Crippen LogP contribution in [0.2, 0.25) is 0 Å². The van der Waals surface area contributed by atoms with Crippen LogP contribution in [-0.2, 0) is 4.79 Å².